The lowest BCUT2D eigenvalue weighted by molar-refractivity contribution is -0.403. The molecule has 8 N–H and O–H groups in total. The van der Waals surface area contributed by atoms with Crippen LogP contribution in [0, 0.1) is 46.3 Å². The zero-order valence-electron chi connectivity index (χ0n) is 31.4. The second kappa shape index (κ2) is 14.6. The Kier molecular flexibility index (Phi) is 11.1. The largest absolute Gasteiger partial charge is 0.396 e. The average molecular weight is 741 g/mol. The first-order chi connectivity index (χ1) is 24.6. The first-order valence-corrected chi connectivity index (χ1v) is 19.9. The first-order valence-electron chi connectivity index (χ1n) is 19.9. The summed E-state index contributed by atoms with van der Waals surface area (Å²) in [5.41, 5.74) is 1.52. The fourth-order valence-electron chi connectivity index (χ4n) is 12.1. The van der Waals surface area contributed by atoms with Gasteiger partial charge in [-0.3, -0.25) is 0 Å². The van der Waals surface area contributed by atoms with Gasteiger partial charge in [0.05, 0.1) is 24.9 Å². The number of allylic oxidation sites excluding steroid dienone is 1. The fraction of sp³-hybridized carbons (Fsp3) is 0.949. The van der Waals surface area contributed by atoms with E-state index in [0.717, 1.165) is 44.9 Å². The van der Waals surface area contributed by atoms with Crippen molar-refractivity contribution in [3.8, 4) is 0 Å². The molecule has 3 saturated heterocycles. The third-order valence-electron chi connectivity index (χ3n) is 15.3. The molecule has 7 aliphatic rings. The summed E-state index contributed by atoms with van der Waals surface area (Å²) in [4.78, 5) is 0. The Labute approximate surface area is 307 Å². The van der Waals surface area contributed by atoms with Gasteiger partial charge in [-0.15, -0.1) is 0 Å². The zero-order valence-corrected chi connectivity index (χ0v) is 31.4. The fourth-order valence-corrected chi connectivity index (χ4v) is 12.1. The van der Waals surface area contributed by atoms with Gasteiger partial charge in [-0.1, -0.05) is 39.3 Å². The van der Waals surface area contributed by atoms with E-state index in [9.17, 15) is 40.9 Å². The Morgan fingerprint density at radius 1 is 0.885 bits per heavy atom. The highest BCUT2D eigenvalue weighted by molar-refractivity contribution is 5.26. The highest BCUT2D eigenvalue weighted by Gasteiger charge is 2.69. The monoisotopic (exact) mass is 740 g/mol. The normalized spacial score (nSPS) is 55.2. The van der Waals surface area contributed by atoms with Crippen LogP contribution in [0.5, 0.6) is 0 Å². The summed E-state index contributed by atoms with van der Waals surface area (Å²) in [6, 6.07) is 0. The van der Waals surface area contributed by atoms with Crippen molar-refractivity contribution in [2.45, 2.75) is 172 Å². The first kappa shape index (κ1) is 39.5. The Balaban J connectivity index is 1.17. The van der Waals surface area contributed by atoms with Crippen LogP contribution in [0.4, 0.5) is 0 Å². The van der Waals surface area contributed by atoms with Gasteiger partial charge in [-0.2, -0.15) is 0 Å². The Morgan fingerprint density at radius 3 is 2.35 bits per heavy atom. The molecule has 0 aromatic heterocycles. The maximum atomic E-state index is 11.4. The van der Waals surface area contributed by atoms with Crippen molar-refractivity contribution in [1.29, 1.82) is 0 Å². The summed E-state index contributed by atoms with van der Waals surface area (Å²) in [6.07, 6.45) is -4.53. The van der Waals surface area contributed by atoms with E-state index in [1.165, 1.54) is 12.5 Å². The molecule has 6 fully saturated rings. The van der Waals surface area contributed by atoms with Gasteiger partial charge in [-0.05, 0) is 98.7 Å². The maximum absolute atomic E-state index is 11.4. The minimum Gasteiger partial charge on any atom is -0.396 e. The number of hydrogen-bond donors (Lipinski definition) is 8. The molecule has 52 heavy (non-hydrogen) atoms. The van der Waals surface area contributed by atoms with E-state index < -0.39 is 73.8 Å². The van der Waals surface area contributed by atoms with Gasteiger partial charge in [0.25, 0.3) is 0 Å². The molecule has 0 unspecified atom stereocenters. The molecule has 298 valence electrons. The molecule has 0 aromatic rings. The van der Waals surface area contributed by atoms with Gasteiger partial charge >= 0.3 is 0 Å². The summed E-state index contributed by atoms with van der Waals surface area (Å²) >= 11 is 0. The van der Waals surface area contributed by atoms with Crippen molar-refractivity contribution >= 4 is 0 Å². The second-order valence-corrected chi connectivity index (χ2v) is 18.2. The molecule has 7 rings (SSSR count). The lowest BCUT2D eigenvalue weighted by Gasteiger charge is -2.58. The van der Waals surface area contributed by atoms with Gasteiger partial charge in [-0.25, -0.2) is 0 Å². The third-order valence-corrected chi connectivity index (χ3v) is 15.3. The third kappa shape index (κ3) is 6.35. The molecule has 0 bridgehead atoms. The summed E-state index contributed by atoms with van der Waals surface area (Å²) in [5.74, 6) is 0.236. The highest BCUT2D eigenvalue weighted by Crippen LogP contribution is 2.70. The number of ether oxygens (including phenoxy) is 5. The predicted molar refractivity (Wildman–Crippen MR) is 185 cm³/mol. The van der Waals surface area contributed by atoms with Crippen LogP contribution in [0.3, 0.4) is 0 Å². The van der Waals surface area contributed by atoms with Crippen LogP contribution < -0.4 is 0 Å². The number of fused-ring (bicyclic) bond motifs is 7. The van der Waals surface area contributed by atoms with Crippen LogP contribution >= 0.6 is 0 Å². The molecule has 3 aliphatic heterocycles. The molecule has 3 saturated carbocycles. The molecular formula is C39H64O13. The number of rotatable bonds is 9. The zero-order chi connectivity index (χ0) is 37.5. The molecule has 13 nitrogen and oxygen atoms in total. The molecule has 0 aromatic carbocycles. The Hall–Kier alpha value is -0.780. The Morgan fingerprint density at radius 2 is 1.63 bits per heavy atom. The number of aliphatic hydroxyl groups excluding tert-OH is 8. The van der Waals surface area contributed by atoms with E-state index in [1.54, 1.807) is 0 Å². The van der Waals surface area contributed by atoms with Crippen molar-refractivity contribution in [2.75, 3.05) is 13.2 Å². The highest BCUT2D eigenvalue weighted by atomic mass is 16.8. The Bertz CT molecular complexity index is 1300. The minimum absolute atomic E-state index is 0.0160. The minimum atomic E-state index is -1.68. The molecular weight excluding hydrogens is 676 g/mol. The quantitative estimate of drug-likeness (QED) is 0.157. The van der Waals surface area contributed by atoms with E-state index in [4.69, 9.17) is 23.7 Å². The van der Waals surface area contributed by atoms with Crippen molar-refractivity contribution in [1.82, 2.24) is 0 Å². The van der Waals surface area contributed by atoms with Gasteiger partial charge in [0, 0.05) is 18.9 Å². The summed E-state index contributed by atoms with van der Waals surface area (Å²) < 4.78 is 32.0. The molecule has 13 heteroatoms. The molecule has 21 atom stereocenters. The van der Waals surface area contributed by atoms with Crippen LogP contribution in [0.15, 0.2) is 11.6 Å². The molecule has 0 amide bonds. The van der Waals surface area contributed by atoms with Crippen LogP contribution in [0.25, 0.3) is 0 Å². The smallest absolute Gasteiger partial charge is 0.190 e. The van der Waals surface area contributed by atoms with E-state index in [0.29, 0.717) is 30.6 Å². The van der Waals surface area contributed by atoms with Gasteiger partial charge in [0.2, 0.25) is 0 Å². The molecule has 0 radical (unpaired) electrons. The summed E-state index contributed by atoms with van der Waals surface area (Å²) in [6.45, 7) is 9.84. The average Bonchev–Trinajstić information content (AvgIpc) is 3.57. The maximum Gasteiger partial charge on any atom is 0.190 e. The van der Waals surface area contributed by atoms with Crippen LogP contribution in [0.2, 0.25) is 0 Å². The predicted octanol–water partition coefficient (Wildman–Crippen LogP) is 1.34. The molecule has 4 aliphatic carbocycles. The van der Waals surface area contributed by atoms with Crippen LogP contribution in [-0.2, 0) is 23.7 Å². The van der Waals surface area contributed by atoms with Gasteiger partial charge < -0.3 is 64.5 Å². The molecule has 0 spiro atoms. The lowest BCUT2D eigenvalue weighted by Crippen LogP contribution is -2.65. The lowest BCUT2D eigenvalue weighted by atomic mass is 9.47. The van der Waals surface area contributed by atoms with Crippen molar-refractivity contribution in [3.63, 3.8) is 0 Å². The number of aliphatic hydroxyl groups is 8. The van der Waals surface area contributed by atoms with E-state index in [1.807, 2.05) is 6.92 Å². The standard InChI is InChI=1S/C39H64O13/c1-18(16-40)8-13-39(52-36-34(32(46)30(44)27(17-41)49-36)50-35-33(47)31(45)29(43)20(3)48-35)19(2)28-26(51-39)15-25-23-7-6-21-14-22(42)9-11-37(21,4)24(23)10-12-38(25,28)5/h6,18-20,22-36,40-47H,7-17H2,1-5H3/t18-,19+,20+,22+,23-,24+,25+,26+,27-,28+,29+,30-,31-,32+,33-,34-,35+,36-,37+,38+,39+/m1/s1. The van der Waals surface area contributed by atoms with Gasteiger partial charge in [0.15, 0.2) is 18.4 Å². The number of hydrogen-bond acceptors (Lipinski definition) is 13. The van der Waals surface area contributed by atoms with Crippen LogP contribution in [-0.4, -0.2) is 133 Å². The van der Waals surface area contributed by atoms with E-state index >= 15 is 0 Å². The van der Waals surface area contributed by atoms with Gasteiger partial charge in [0.1, 0.15) is 42.7 Å². The van der Waals surface area contributed by atoms with Crippen molar-refractivity contribution in [3.05, 3.63) is 11.6 Å². The topological polar surface area (TPSA) is 208 Å². The molecule has 3 heterocycles. The van der Waals surface area contributed by atoms with E-state index in [2.05, 4.69) is 26.8 Å². The summed E-state index contributed by atoms with van der Waals surface area (Å²) in [7, 11) is 0. The second-order valence-electron chi connectivity index (χ2n) is 18.2. The van der Waals surface area contributed by atoms with E-state index in [-0.39, 0.29) is 47.4 Å². The SMILES string of the molecule is C[C@@H](CO)CC[C@@]1(O[C@H]2O[C@H](CO)[C@@H](O)[C@H](O)[C@H]2O[C@@H]2O[C@@H](C)[C@H](O)[C@@H](O)[C@H]2O)O[C@H]2C[C@H]3[C@@H]4CC=C5C[C@@H](O)CC[C@]5(C)[C@H]4CC[C@]3(C)[C@H]2[C@@H]1C. The van der Waals surface area contributed by atoms with Crippen molar-refractivity contribution < 1.29 is 64.5 Å². The van der Waals surface area contributed by atoms with Crippen molar-refractivity contribution in [2.24, 2.45) is 46.3 Å². The summed E-state index contributed by atoms with van der Waals surface area (Å²) in [5, 5.41) is 84.4. The van der Waals surface area contributed by atoms with Crippen LogP contribution in [0.1, 0.15) is 92.4 Å².